The Morgan fingerprint density at radius 3 is 2.84 bits per heavy atom. The maximum atomic E-state index is 10.8. The van der Waals surface area contributed by atoms with Gasteiger partial charge < -0.3 is 5.43 Å². The summed E-state index contributed by atoms with van der Waals surface area (Å²) in [5, 5.41) is 19.4. The molecular weight excluding hydrogens is 246 g/mol. The van der Waals surface area contributed by atoms with E-state index in [4.69, 9.17) is 11.1 Å². The number of nitrogens with zero attached hydrogens (tertiary/aromatic N) is 3. The molecule has 1 aromatic rings. The third-order valence-corrected chi connectivity index (χ3v) is 2.98. The van der Waals surface area contributed by atoms with Crippen molar-refractivity contribution >= 4 is 11.4 Å². The van der Waals surface area contributed by atoms with Gasteiger partial charge in [-0.15, -0.1) is 0 Å². The summed E-state index contributed by atoms with van der Waals surface area (Å²) in [5.74, 6) is 5.28. The van der Waals surface area contributed by atoms with Gasteiger partial charge >= 0.3 is 0 Å². The van der Waals surface area contributed by atoms with Crippen LogP contribution in [-0.4, -0.2) is 22.9 Å². The molecule has 0 saturated carbocycles. The summed E-state index contributed by atoms with van der Waals surface area (Å²) >= 11 is 0. The van der Waals surface area contributed by atoms with E-state index >= 15 is 0 Å². The van der Waals surface area contributed by atoms with Gasteiger partial charge in [0.1, 0.15) is 5.69 Å². The summed E-state index contributed by atoms with van der Waals surface area (Å²) < 4.78 is 0. The molecule has 1 atom stereocenters. The molecule has 1 unspecified atom stereocenters. The Morgan fingerprint density at radius 2 is 2.32 bits per heavy atom. The maximum absolute atomic E-state index is 10.8. The minimum Gasteiger partial charge on any atom is -0.318 e. The van der Waals surface area contributed by atoms with Crippen LogP contribution in [0.5, 0.6) is 0 Å². The van der Waals surface area contributed by atoms with Crippen LogP contribution in [0.1, 0.15) is 18.9 Å². The first kappa shape index (κ1) is 14.9. The van der Waals surface area contributed by atoms with E-state index < -0.39 is 4.92 Å². The fraction of sp³-hybridized carbons (Fsp3) is 0.417. The van der Waals surface area contributed by atoms with Crippen molar-refractivity contribution in [3.8, 4) is 6.07 Å². The number of nitrogens with one attached hydrogen (secondary N) is 1. The van der Waals surface area contributed by atoms with E-state index in [-0.39, 0.29) is 17.4 Å². The molecule has 3 N–H and O–H groups in total. The van der Waals surface area contributed by atoms with Crippen LogP contribution in [0.4, 0.5) is 11.4 Å². The predicted octanol–water partition coefficient (Wildman–Crippen LogP) is 1.61. The first-order valence-corrected chi connectivity index (χ1v) is 5.80. The summed E-state index contributed by atoms with van der Waals surface area (Å²) in [6, 6.07) is 7.00. The normalized spacial score (nSPS) is 11.9. The van der Waals surface area contributed by atoms with Crippen molar-refractivity contribution in [2.75, 3.05) is 12.5 Å². The van der Waals surface area contributed by atoms with Gasteiger partial charge in [-0.1, -0.05) is 6.07 Å². The molecule has 0 aliphatic carbocycles. The quantitative estimate of drug-likeness (QED) is 0.458. The van der Waals surface area contributed by atoms with Crippen LogP contribution in [0.15, 0.2) is 18.2 Å². The number of hydrazine groups is 1. The number of nitro benzene ring substituents is 1. The number of nitrogens with two attached hydrogens (primary N) is 1. The van der Waals surface area contributed by atoms with Gasteiger partial charge in [-0.25, -0.2) is 0 Å². The van der Waals surface area contributed by atoms with E-state index in [0.717, 1.165) is 5.56 Å². The fourth-order valence-electron chi connectivity index (χ4n) is 1.69. The third kappa shape index (κ3) is 3.91. The first-order chi connectivity index (χ1) is 8.99. The Balaban J connectivity index is 2.86. The van der Waals surface area contributed by atoms with E-state index in [0.29, 0.717) is 13.0 Å². The highest BCUT2D eigenvalue weighted by Crippen LogP contribution is 2.25. The van der Waals surface area contributed by atoms with Crippen molar-refractivity contribution in [3.05, 3.63) is 33.9 Å². The monoisotopic (exact) mass is 263 g/mol. The molecule has 0 spiro atoms. The van der Waals surface area contributed by atoms with Gasteiger partial charge in [0.2, 0.25) is 0 Å². The van der Waals surface area contributed by atoms with Crippen LogP contribution in [0.2, 0.25) is 0 Å². The molecule has 0 saturated heterocycles. The van der Waals surface area contributed by atoms with E-state index in [1.807, 2.05) is 18.9 Å². The molecule has 7 nitrogen and oxygen atoms in total. The standard InChI is InChI=1S/C12H17N5O2/c1-9(5-6-13)16(2)8-10-3-4-12(17(18)19)11(7-10)15-14/h3-4,7,9,15H,5,8,14H2,1-2H3. The number of nitriles is 1. The van der Waals surface area contributed by atoms with E-state index in [1.165, 1.54) is 6.07 Å². The van der Waals surface area contributed by atoms with E-state index in [9.17, 15) is 10.1 Å². The average Bonchev–Trinajstić information content (AvgIpc) is 2.38. The molecule has 0 heterocycles. The number of anilines is 1. The third-order valence-electron chi connectivity index (χ3n) is 2.98. The molecule has 0 aliphatic rings. The first-order valence-electron chi connectivity index (χ1n) is 5.80. The average molecular weight is 263 g/mol. The number of hydrogen-bond acceptors (Lipinski definition) is 6. The topological polar surface area (TPSA) is 108 Å². The maximum Gasteiger partial charge on any atom is 0.293 e. The van der Waals surface area contributed by atoms with Gasteiger partial charge in [0.15, 0.2) is 0 Å². The molecule has 1 aromatic carbocycles. The van der Waals surface area contributed by atoms with Crippen molar-refractivity contribution in [1.82, 2.24) is 4.90 Å². The van der Waals surface area contributed by atoms with Gasteiger partial charge in [-0.2, -0.15) is 5.26 Å². The highest BCUT2D eigenvalue weighted by atomic mass is 16.6. The molecule has 0 bridgehead atoms. The number of rotatable bonds is 6. The van der Waals surface area contributed by atoms with Crippen molar-refractivity contribution in [2.45, 2.75) is 25.9 Å². The lowest BCUT2D eigenvalue weighted by Gasteiger charge is -2.22. The van der Waals surface area contributed by atoms with E-state index in [2.05, 4.69) is 11.5 Å². The fourth-order valence-corrected chi connectivity index (χ4v) is 1.69. The van der Waals surface area contributed by atoms with Crippen molar-refractivity contribution in [3.63, 3.8) is 0 Å². The second-order valence-corrected chi connectivity index (χ2v) is 4.38. The summed E-state index contributed by atoms with van der Waals surface area (Å²) in [5.41, 5.74) is 3.45. The second kappa shape index (κ2) is 6.68. The van der Waals surface area contributed by atoms with Crippen molar-refractivity contribution < 1.29 is 4.92 Å². The van der Waals surface area contributed by atoms with Crippen molar-refractivity contribution in [1.29, 1.82) is 5.26 Å². The van der Waals surface area contributed by atoms with Crippen LogP contribution >= 0.6 is 0 Å². The van der Waals surface area contributed by atoms with E-state index in [1.54, 1.807) is 12.1 Å². The second-order valence-electron chi connectivity index (χ2n) is 4.38. The van der Waals surface area contributed by atoms with Gasteiger partial charge in [-0.05, 0) is 25.6 Å². The molecular formula is C12H17N5O2. The highest BCUT2D eigenvalue weighted by Gasteiger charge is 2.15. The number of nitrogen functional groups attached to an aromatic ring is 1. The lowest BCUT2D eigenvalue weighted by Crippen LogP contribution is -2.28. The highest BCUT2D eigenvalue weighted by molar-refractivity contribution is 5.62. The summed E-state index contributed by atoms with van der Waals surface area (Å²) in [6.45, 7) is 2.55. The van der Waals surface area contributed by atoms with Crippen molar-refractivity contribution in [2.24, 2.45) is 5.84 Å². The van der Waals surface area contributed by atoms with Crippen LogP contribution < -0.4 is 11.3 Å². The smallest absolute Gasteiger partial charge is 0.293 e. The van der Waals surface area contributed by atoms with Crippen LogP contribution in [-0.2, 0) is 6.54 Å². The van der Waals surface area contributed by atoms with Gasteiger partial charge in [0.05, 0.1) is 17.4 Å². The zero-order chi connectivity index (χ0) is 14.4. The molecule has 0 amide bonds. The summed E-state index contributed by atoms with van der Waals surface area (Å²) in [4.78, 5) is 12.3. The number of hydrogen-bond donors (Lipinski definition) is 2. The zero-order valence-corrected chi connectivity index (χ0v) is 11.0. The minimum atomic E-state index is -0.485. The van der Waals surface area contributed by atoms with Crippen LogP contribution in [0, 0.1) is 21.4 Å². The van der Waals surface area contributed by atoms with Crippen LogP contribution in [0.3, 0.4) is 0 Å². The SMILES string of the molecule is CC(CC#N)N(C)Cc1ccc([N+](=O)[O-])c(NN)c1. The molecule has 1 rings (SSSR count). The number of benzene rings is 1. The lowest BCUT2D eigenvalue weighted by atomic mass is 10.1. The minimum absolute atomic E-state index is 0.0565. The Hall–Kier alpha value is -2.17. The lowest BCUT2D eigenvalue weighted by molar-refractivity contribution is -0.384. The molecule has 0 aliphatic heterocycles. The molecule has 7 heteroatoms. The molecule has 19 heavy (non-hydrogen) atoms. The largest absolute Gasteiger partial charge is 0.318 e. The molecule has 0 aromatic heterocycles. The molecule has 102 valence electrons. The van der Waals surface area contributed by atoms with Crippen LogP contribution in [0.25, 0.3) is 0 Å². The Bertz CT molecular complexity index is 497. The predicted molar refractivity (Wildman–Crippen MR) is 72.1 cm³/mol. The Kier molecular flexibility index (Phi) is 5.23. The number of nitro groups is 1. The zero-order valence-electron chi connectivity index (χ0n) is 11.0. The Labute approximate surface area is 111 Å². The molecule has 0 radical (unpaired) electrons. The summed E-state index contributed by atoms with van der Waals surface area (Å²) in [6.07, 6.45) is 0.436. The van der Waals surface area contributed by atoms with Gasteiger partial charge in [-0.3, -0.25) is 20.9 Å². The molecule has 0 fully saturated rings. The summed E-state index contributed by atoms with van der Waals surface area (Å²) in [7, 11) is 1.90. The van der Waals surface area contributed by atoms with Gasteiger partial charge in [0, 0.05) is 18.7 Å². The van der Waals surface area contributed by atoms with Gasteiger partial charge in [0.25, 0.3) is 5.69 Å². The Morgan fingerprint density at radius 1 is 1.63 bits per heavy atom.